The van der Waals surface area contributed by atoms with Crippen LogP contribution in [0.1, 0.15) is 72.6 Å². The van der Waals surface area contributed by atoms with E-state index >= 15 is 0 Å². The highest BCUT2D eigenvalue weighted by Crippen LogP contribution is 2.35. The Hall–Kier alpha value is -5.99. The van der Waals surface area contributed by atoms with Crippen LogP contribution in [0.25, 0.3) is 11.0 Å². The second kappa shape index (κ2) is 18.8. The molecular formula is C49H60N10O4. The number of nitrogens with zero attached hydrogens (tertiary/aromatic N) is 9. The molecule has 4 fully saturated rings. The van der Waals surface area contributed by atoms with Crippen LogP contribution in [0.5, 0.6) is 5.75 Å². The number of piperidine rings is 1. The summed E-state index contributed by atoms with van der Waals surface area (Å²) in [7, 11) is 5.21. The number of likely N-dealkylation sites (tertiary alicyclic amines) is 1. The summed E-state index contributed by atoms with van der Waals surface area (Å²) in [5.41, 5.74) is 6.63. The van der Waals surface area contributed by atoms with Gasteiger partial charge < -0.3 is 29.3 Å². The van der Waals surface area contributed by atoms with E-state index < -0.39 is 0 Å². The van der Waals surface area contributed by atoms with Crippen molar-refractivity contribution in [2.45, 2.75) is 70.0 Å². The van der Waals surface area contributed by atoms with E-state index in [4.69, 9.17) is 9.72 Å². The third kappa shape index (κ3) is 9.38. The number of hydrogen-bond donors (Lipinski definition) is 1. The Kier molecular flexibility index (Phi) is 12.6. The number of amides is 4. The van der Waals surface area contributed by atoms with Crippen LogP contribution in [0.15, 0.2) is 85.1 Å². The molecule has 63 heavy (non-hydrogen) atoms. The lowest BCUT2D eigenvalue weighted by molar-refractivity contribution is -0.129. The van der Waals surface area contributed by atoms with E-state index in [2.05, 4.69) is 66.0 Å². The summed E-state index contributed by atoms with van der Waals surface area (Å²) in [4.78, 5) is 61.3. The van der Waals surface area contributed by atoms with Gasteiger partial charge >= 0.3 is 6.03 Å². The van der Waals surface area contributed by atoms with E-state index in [1.54, 1.807) is 31.0 Å². The van der Waals surface area contributed by atoms with Crippen molar-refractivity contribution in [2.24, 2.45) is 0 Å². The van der Waals surface area contributed by atoms with Crippen molar-refractivity contribution in [1.82, 2.24) is 34.1 Å². The highest BCUT2D eigenvalue weighted by Gasteiger charge is 2.33. The molecule has 3 saturated heterocycles. The van der Waals surface area contributed by atoms with Crippen LogP contribution in [-0.2, 0) is 17.8 Å². The molecule has 330 valence electrons. The summed E-state index contributed by atoms with van der Waals surface area (Å²) in [6.45, 7) is 8.02. The number of anilines is 4. The Bertz CT molecular complexity index is 2380. The fourth-order valence-corrected chi connectivity index (χ4v) is 9.86. The highest BCUT2D eigenvalue weighted by molar-refractivity contribution is 6.05. The van der Waals surface area contributed by atoms with Crippen molar-refractivity contribution in [3.63, 3.8) is 0 Å². The van der Waals surface area contributed by atoms with Crippen LogP contribution in [-0.4, -0.2) is 132 Å². The molecule has 1 saturated carbocycles. The lowest BCUT2D eigenvalue weighted by atomic mass is 10.0. The molecule has 0 bridgehead atoms. The number of carbonyl (C=O) groups excluding carboxylic acids is 3. The number of ether oxygens (including phenoxy) is 1. The van der Waals surface area contributed by atoms with Gasteiger partial charge in [0.2, 0.25) is 11.9 Å². The zero-order chi connectivity index (χ0) is 43.5. The quantitative estimate of drug-likeness (QED) is 0.130. The van der Waals surface area contributed by atoms with Crippen molar-refractivity contribution < 1.29 is 19.1 Å². The maximum atomic E-state index is 13.4. The molecule has 14 heteroatoms. The summed E-state index contributed by atoms with van der Waals surface area (Å²) in [5, 5.41) is 4.31. The number of rotatable bonds is 13. The second-order valence-corrected chi connectivity index (χ2v) is 17.7. The van der Waals surface area contributed by atoms with Crippen LogP contribution in [0.4, 0.5) is 27.8 Å². The monoisotopic (exact) mass is 852 g/mol. The Morgan fingerprint density at radius 1 is 0.794 bits per heavy atom. The van der Waals surface area contributed by atoms with Gasteiger partial charge in [0.1, 0.15) is 17.1 Å². The average Bonchev–Trinajstić information content (AvgIpc) is 3.99. The predicted molar refractivity (Wildman–Crippen MR) is 247 cm³/mol. The molecule has 1 N–H and O–H groups in total. The first-order valence-electron chi connectivity index (χ1n) is 22.7. The highest BCUT2D eigenvalue weighted by atomic mass is 16.5. The van der Waals surface area contributed by atoms with E-state index in [0.29, 0.717) is 30.6 Å². The van der Waals surface area contributed by atoms with Gasteiger partial charge in [-0.25, -0.2) is 9.78 Å². The van der Waals surface area contributed by atoms with Gasteiger partial charge in [-0.3, -0.25) is 24.3 Å². The summed E-state index contributed by atoms with van der Waals surface area (Å²) < 4.78 is 7.40. The van der Waals surface area contributed by atoms with Crippen LogP contribution in [0.2, 0.25) is 0 Å². The first-order valence-corrected chi connectivity index (χ1v) is 22.7. The smallest absolute Gasteiger partial charge is 0.331 e. The molecule has 14 nitrogen and oxygen atoms in total. The number of carbonyl (C=O) groups is 3. The van der Waals surface area contributed by atoms with Gasteiger partial charge in [-0.15, -0.1) is 0 Å². The molecule has 4 aliphatic rings. The minimum absolute atomic E-state index is 0.00573. The Morgan fingerprint density at radius 3 is 2.16 bits per heavy atom. The first-order chi connectivity index (χ1) is 30.7. The van der Waals surface area contributed by atoms with E-state index in [9.17, 15) is 14.4 Å². The summed E-state index contributed by atoms with van der Waals surface area (Å²) in [6.07, 6.45) is 9.93. The van der Waals surface area contributed by atoms with Crippen molar-refractivity contribution in [1.29, 1.82) is 0 Å². The number of fused-ring (bicyclic) bond motifs is 1. The van der Waals surface area contributed by atoms with Gasteiger partial charge in [0.15, 0.2) is 0 Å². The van der Waals surface area contributed by atoms with Crippen molar-refractivity contribution in [2.75, 3.05) is 88.7 Å². The van der Waals surface area contributed by atoms with E-state index in [1.807, 2.05) is 48.7 Å². The largest absolute Gasteiger partial charge is 0.497 e. The third-order valence-electron chi connectivity index (χ3n) is 13.5. The molecule has 5 aromatic rings. The number of benzene rings is 3. The van der Waals surface area contributed by atoms with Gasteiger partial charge in [-0.05, 0) is 111 Å². The standard InChI is InChI=1S/C49H60N10O4/c1-53(2)47(61)44-32-37-33-50-48(52-46(37)59(44)42-6-4-5-7-42)51-38-12-16-39(17-13-38)55-28-30-56(31-29-55)40-21-25-54(26-22-40)24-20-35-8-14-41(15-9-35)57-27-23-45(60)58(49(57)62)34-36-10-18-43(63-3)19-11-36/h8-19,32-33,40,42H,4-7,20-31,34H2,1-3H3,(H,50,51,52). The van der Waals surface area contributed by atoms with E-state index in [1.165, 1.54) is 41.8 Å². The molecule has 9 rings (SSSR count). The Labute approximate surface area is 370 Å². The normalized spacial score (nSPS) is 18.4. The van der Waals surface area contributed by atoms with Gasteiger partial charge in [0.05, 0.1) is 13.7 Å². The number of methoxy groups -OCH3 is 1. The van der Waals surface area contributed by atoms with Gasteiger partial charge in [0, 0.05) is 101 Å². The molecule has 0 radical (unpaired) electrons. The van der Waals surface area contributed by atoms with E-state index in [0.717, 1.165) is 98.8 Å². The molecule has 3 aliphatic heterocycles. The first kappa shape index (κ1) is 42.3. The summed E-state index contributed by atoms with van der Waals surface area (Å²) in [6, 6.07) is 26.9. The fourth-order valence-electron chi connectivity index (χ4n) is 9.86. The number of imide groups is 1. The zero-order valence-corrected chi connectivity index (χ0v) is 36.9. The van der Waals surface area contributed by atoms with Gasteiger partial charge in [-0.2, -0.15) is 4.98 Å². The molecule has 0 atom stereocenters. The molecule has 1 aliphatic carbocycles. The summed E-state index contributed by atoms with van der Waals surface area (Å²) in [5.74, 6) is 1.12. The minimum Gasteiger partial charge on any atom is -0.497 e. The molecular weight excluding hydrogens is 793 g/mol. The van der Waals surface area contributed by atoms with Crippen LogP contribution >= 0.6 is 0 Å². The molecule has 0 unspecified atom stereocenters. The molecule has 3 aromatic carbocycles. The van der Waals surface area contributed by atoms with Gasteiger partial charge in [-0.1, -0.05) is 37.1 Å². The van der Waals surface area contributed by atoms with Crippen LogP contribution in [0.3, 0.4) is 0 Å². The summed E-state index contributed by atoms with van der Waals surface area (Å²) >= 11 is 0. The number of nitrogens with one attached hydrogen (secondary N) is 1. The van der Waals surface area contributed by atoms with Gasteiger partial charge in [0.25, 0.3) is 5.91 Å². The zero-order valence-electron chi connectivity index (χ0n) is 36.9. The minimum atomic E-state index is -0.274. The topological polar surface area (TPSA) is 123 Å². The van der Waals surface area contributed by atoms with Crippen molar-refractivity contribution in [3.05, 3.63) is 102 Å². The number of urea groups is 1. The molecule has 0 spiro atoms. The Morgan fingerprint density at radius 2 is 1.48 bits per heavy atom. The van der Waals surface area contributed by atoms with Crippen LogP contribution in [0, 0.1) is 0 Å². The van der Waals surface area contributed by atoms with Crippen LogP contribution < -0.4 is 19.9 Å². The average molecular weight is 853 g/mol. The van der Waals surface area contributed by atoms with E-state index in [-0.39, 0.29) is 30.4 Å². The SMILES string of the molecule is COc1ccc(CN2C(=O)CCN(c3ccc(CCN4CCC(N5CCN(c6ccc(Nc7ncc8cc(C(=O)N(C)C)n(C9CCCC9)c8n7)cc6)CC5)CC4)cc3)C2=O)cc1. The molecule has 5 heterocycles. The van der Waals surface area contributed by atoms with Crippen molar-refractivity contribution in [3.8, 4) is 5.75 Å². The fraction of sp³-hybridized carbons (Fsp3) is 0.449. The van der Waals surface area contributed by atoms with Crippen molar-refractivity contribution >= 4 is 51.9 Å². The second-order valence-electron chi connectivity index (χ2n) is 17.7. The number of hydrogen-bond acceptors (Lipinski definition) is 10. The number of piperazine rings is 1. The molecule has 2 aromatic heterocycles. The lowest BCUT2D eigenvalue weighted by Crippen LogP contribution is -2.53. The lowest BCUT2D eigenvalue weighted by Gasteiger charge is -2.43. The number of aromatic nitrogens is 3. The Balaban J connectivity index is 0.718. The maximum absolute atomic E-state index is 13.4. The maximum Gasteiger partial charge on any atom is 0.331 e. The predicted octanol–water partition coefficient (Wildman–Crippen LogP) is 7.19. The molecule has 4 amide bonds. The third-order valence-corrected chi connectivity index (χ3v) is 13.5.